The van der Waals surface area contributed by atoms with Crippen molar-refractivity contribution in [1.82, 2.24) is 4.98 Å². The van der Waals surface area contributed by atoms with Crippen LogP contribution in [0.5, 0.6) is 0 Å². The molecule has 9 heavy (non-hydrogen) atoms. The van der Waals surface area contributed by atoms with Gasteiger partial charge in [-0.1, -0.05) is 0 Å². The highest BCUT2D eigenvalue weighted by atomic mass is 19.1. The van der Waals surface area contributed by atoms with Gasteiger partial charge < -0.3 is 5.73 Å². The van der Waals surface area contributed by atoms with E-state index in [0.29, 0.717) is 6.07 Å². The molecule has 0 bridgehead atoms. The predicted octanol–water partition coefficient (Wildman–Crippen LogP) is 0.942. The highest BCUT2D eigenvalue weighted by Crippen LogP contribution is 2.06. The summed E-state index contributed by atoms with van der Waals surface area (Å²) in [7, 11) is 0. The number of halogens is 2. The van der Waals surface area contributed by atoms with Crippen LogP contribution in [-0.4, -0.2) is 4.98 Å². The fourth-order valence-corrected chi connectivity index (χ4v) is 0.418. The summed E-state index contributed by atoms with van der Waals surface area (Å²) in [6.45, 7) is 0. The van der Waals surface area contributed by atoms with Crippen LogP contribution < -0.4 is 5.73 Å². The van der Waals surface area contributed by atoms with Crippen LogP contribution in [0.15, 0.2) is 12.3 Å². The Morgan fingerprint density at radius 3 is 2.56 bits per heavy atom. The number of hydrogen-bond acceptors (Lipinski definition) is 2. The molecule has 0 atom stereocenters. The summed E-state index contributed by atoms with van der Waals surface area (Å²) in [4.78, 5) is 3.11. The van der Waals surface area contributed by atoms with E-state index >= 15 is 0 Å². The first-order valence-electron chi connectivity index (χ1n) is 2.26. The highest BCUT2D eigenvalue weighted by Gasteiger charge is 1.98. The second-order valence-electron chi connectivity index (χ2n) is 1.53. The largest absolute Gasteiger partial charge is 0.395 e. The van der Waals surface area contributed by atoms with Crippen LogP contribution in [0.4, 0.5) is 14.5 Å². The molecule has 4 heteroatoms. The fraction of sp³-hybridized carbons (Fsp3) is 0. The van der Waals surface area contributed by atoms with Crippen molar-refractivity contribution < 1.29 is 8.78 Å². The van der Waals surface area contributed by atoms with Crippen molar-refractivity contribution in [3.63, 3.8) is 0 Å². The zero-order valence-corrected chi connectivity index (χ0v) is 4.44. The van der Waals surface area contributed by atoms with E-state index in [2.05, 4.69) is 4.98 Å². The minimum absolute atomic E-state index is 0.142. The number of hydrogen-bond donors (Lipinski definition) is 1. The fourth-order valence-electron chi connectivity index (χ4n) is 0.418. The number of nitrogens with two attached hydrogens (primary N) is 1. The molecule has 0 aliphatic rings. The molecular weight excluding hydrogens is 126 g/mol. The first-order chi connectivity index (χ1) is 4.20. The Morgan fingerprint density at radius 1 is 1.44 bits per heavy atom. The van der Waals surface area contributed by atoms with Crippen molar-refractivity contribution in [3.8, 4) is 0 Å². The van der Waals surface area contributed by atoms with Gasteiger partial charge in [0.25, 0.3) is 0 Å². The monoisotopic (exact) mass is 130 g/mol. The summed E-state index contributed by atoms with van der Waals surface area (Å²) >= 11 is 0. The summed E-state index contributed by atoms with van der Waals surface area (Å²) in [5, 5.41) is 0. The molecule has 1 heterocycles. The van der Waals surface area contributed by atoms with Gasteiger partial charge in [-0.3, -0.25) is 0 Å². The third kappa shape index (κ3) is 1.13. The first kappa shape index (κ1) is 5.94. The summed E-state index contributed by atoms with van der Waals surface area (Å²) in [6.07, 6.45) is 0.935. The van der Waals surface area contributed by atoms with Crippen LogP contribution in [0.3, 0.4) is 0 Å². The second-order valence-corrected chi connectivity index (χ2v) is 1.53. The lowest BCUT2D eigenvalue weighted by Gasteiger charge is -1.91. The molecule has 0 aliphatic carbocycles. The van der Waals surface area contributed by atoms with Crippen LogP contribution in [0.25, 0.3) is 0 Å². The van der Waals surface area contributed by atoms with Gasteiger partial charge in [0.2, 0.25) is 5.95 Å². The van der Waals surface area contributed by atoms with E-state index in [-0.39, 0.29) is 5.69 Å². The first-order valence-corrected chi connectivity index (χ1v) is 2.26. The summed E-state index contributed by atoms with van der Waals surface area (Å²) in [5.74, 6) is -1.64. The Labute approximate surface area is 50.3 Å². The molecule has 0 unspecified atom stereocenters. The van der Waals surface area contributed by atoms with E-state index in [1.807, 2.05) is 0 Å². The molecule has 0 spiro atoms. The molecule has 2 nitrogen and oxygen atoms in total. The van der Waals surface area contributed by atoms with Crippen LogP contribution >= 0.6 is 0 Å². The van der Waals surface area contributed by atoms with Crippen molar-refractivity contribution in [2.75, 3.05) is 5.73 Å². The predicted molar refractivity (Wildman–Crippen MR) is 28.6 cm³/mol. The molecular formula is C5H4F2N2. The van der Waals surface area contributed by atoms with E-state index in [9.17, 15) is 8.78 Å². The average molecular weight is 130 g/mol. The minimum atomic E-state index is -0.860. The molecule has 1 aromatic rings. The Kier molecular flexibility index (Phi) is 1.30. The molecule has 0 saturated carbocycles. The SMILES string of the molecule is Nc1cnc(F)cc1F. The van der Waals surface area contributed by atoms with Gasteiger partial charge in [-0.2, -0.15) is 4.39 Å². The van der Waals surface area contributed by atoms with Gasteiger partial charge in [-0.25, -0.2) is 9.37 Å². The molecule has 0 saturated heterocycles. The third-order valence-electron chi connectivity index (χ3n) is 0.849. The Balaban J connectivity index is 3.17. The minimum Gasteiger partial charge on any atom is -0.395 e. The summed E-state index contributed by atoms with van der Waals surface area (Å²) in [5.41, 5.74) is 4.84. The number of rotatable bonds is 0. The third-order valence-corrected chi connectivity index (χ3v) is 0.849. The average Bonchev–Trinajstić information content (AvgIpc) is 1.80. The summed E-state index contributed by atoms with van der Waals surface area (Å²) < 4.78 is 24.1. The maximum Gasteiger partial charge on any atom is 0.215 e. The van der Waals surface area contributed by atoms with Crippen LogP contribution in [0, 0.1) is 11.8 Å². The van der Waals surface area contributed by atoms with Gasteiger partial charge in [-0.05, 0) is 0 Å². The van der Waals surface area contributed by atoms with E-state index in [4.69, 9.17) is 5.73 Å². The quantitative estimate of drug-likeness (QED) is 0.531. The maximum atomic E-state index is 12.2. The van der Waals surface area contributed by atoms with Crippen molar-refractivity contribution in [2.45, 2.75) is 0 Å². The van der Waals surface area contributed by atoms with Gasteiger partial charge in [0, 0.05) is 6.07 Å². The molecule has 2 N–H and O–H groups in total. The van der Waals surface area contributed by atoms with E-state index < -0.39 is 11.8 Å². The topological polar surface area (TPSA) is 38.9 Å². The Bertz CT molecular complexity index is 224. The van der Waals surface area contributed by atoms with Crippen LogP contribution in [0.1, 0.15) is 0 Å². The lowest BCUT2D eigenvalue weighted by molar-refractivity contribution is 0.554. The number of nitrogens with zero attached hydrogens (tertiary/aromatic N) is 1. The molecule has 0 radical (unpaired) electrons. The molecule has 0 amide bonds. The lowest BCUT2D eigenvalue weighted by Crippen LogP contribution is -1.93. The molecule has 48 valence electrons. The number of nitrogen functional groups attached to an aromatic ring is 1. The van der Waals surface area contributed by atoms with Gasteiger partial charge in [0.1, 0.15) is 0 Å². The van der Waals surface area contributed by atoms with Gasteiger partial charge in [0.15, 0.2) is 5.82 Å². The normalized spacial score (nSPS) is 9.56. The van der Waals surface area contributed by atoms with Gasteiger partial charge in [-0.15, -0.1) is 0 Å². The Hall–Kier alpha value is -1.19. The van der Waals surface area contributed by atoms with Crippen LogP contribution in [-0.2, 0) is 0 Å². The Morgan fingerprint density at radius 2 is 2.11 bits per heavy atom. The lowest BCUT2D eigenvalue weighted by atomic mass is 10.4. The molecule has 1 rings (SSSR count). The van der Waals surface area contributed by atoms with Crippen molar-refractivity contribution in [3.05, 3.63) is 24.0 Å². The van der Waals surface area contributed by atoms with E-state index in [1.165, 1.54) is 0 Å². The molecule has 0 aliphatic heterocycles. The van der Waals surface area contributed by atoms with E-state index in [1.54, 1.807) is 0 Å². The van der Waals surface area contributed by atoms with Gasteiger partial charge in [0.05, 0.1) is 11.9 Å². The molecule has 0 fully saturated rings. The number of anilines is 1. The zero-order valence-electron chi connectivity index (χ0n) is 4.44. The van der Waals surface area contributed by atoms with Crippen molar-refractivity contribution >= 4 is 5.69 Å². The van der Waals surface area contributed by atoms with Crippen molar-refractivity contribution in [1.29, 1.82) is 0 Å². The molecule has 0 aromatic carbocycles. The molecule has 1 aromatic heterocycles. The number of pyridine rings is 1. The standard InChI is InChI=1S/C5H4F2N2/c6-3-1-5(7)9-2-4(3)8/h1-2H,8H2. The number of aromatic nitrogens is 1. The maximum absolute atomic E-state index is 12.2. The summed E-state index contributed by atoms with van der Waals surface area (Å²) in [6, 6.07) is 0.634. The zero-order chi connectivity index (χ0) is 6.85. The van der Waals surface area contributed by atoms with E-state index in [0.717, 1.165) is 6.20 Å². The van der Waals surface area contributed by atoms with Crippen molar-refractivity contribution in [2.24, 2.45) is 0 Å². The highest BCUT2D eigenvalue weighted by molar-refractivity contribution is 5.35. The van der Waals surface area contributed by atoms with Gasteiger partial charge >= 0.3 is 0 Å². The second kappa shape index (κ2) is 1.97. The van der Waals surface area contributed by atoms with Crippen LogP contribution in [0.2, 0.25) is 0 Å². The smallest absolute Gasteiger partial charge is 0.215 e.